The van der Waals surface area contributed by atoms with Gasteiger partial charge in [0.1, 0.15) is 0 Å². The van der Waals surface area contributed by atoms with Crippen LogP contribution < -0.4 is 10.6 Å². The smallest absolute Gasteiger partial charge is 0.321 e. The topological polar surface area (TPSA) is 61.4 Å². The van der Waals surface area contributed by atoms with Crippen molar-refractivity contribution in [2.75, 3.05) is 13.1 Å². The van der Waals surface area contributed by atoms with E-state index in [1.165, 1.54) is 0 Å². The second-order valence-corrected chi connectivity index (χ2v) is 5.29. The Morgan fingerprint density at radius 3 is 2.43 bits per heavy atom. The third kappa shape index (κ3) is 6.90. The first-order valence-electron chi connectivity index (χ1n) is 7.38. The highest BCUT2D eigenvalue weighted by Gasteiger charge is 2.16. The van der Waals surface area contributed by atoms with E-state index in [2.05, 4.69) is 10.6 Å². The summed E-state index contributed by atoms with van der Waals surface area (Å²) in [5, 5.41) is 4.98. The Labute approximate surface area is 126 Å². The first-order valence-corrected chi connectivity index (χ1v) is 7.38. The zero-order chi connectivity index (χ0) is 15.7. The SMILES string of the molecule is CCCNC(=O)NC(=O)CN(Cc1ccccc1)C(C)C. The number of carbonyl (C=O) groups is 2. The van der Waals surface area contributed by atoms with Crippen LogP contribution in [-0.4, -0.2) is 36.0 Å². The van der Waals surface area contributed by atoms with Gasteiger partial charge in [0.25, 0.3) is 0 Å². The Morgan fingerprint density at radius 1 is 1.19 bits per heavy atom. The zero-order valence-corrected chi connectivity index (χ0v) is 13.1. The fourth-order valence-corrected chi connectivity index (χ4v) is 1.87. The molecule has 0 unspecified atom stereocenters. The Kier molecular flexibility index (Phi) is 7.46. The van der Waals surface area contributed by atoms with E-state index in [1.54, 1.807) is 0 Å². The van der Waals surface area contributed by atoms with E-state index in [-0.39, 0.29) is 18.5 Å². The van der Waals surface area contributed by atoms with Gasteiger partial charge in [-0.05, 0) is 25.8 Å². The van der Waals surface area contributed by atoms with Crippen LogP contribution in [0, 0.1) is 0 Å². The molecule has 0 aromatic heterocycles. The minimum Gasteiger partial charge on any atom is -0.338 e. The third-order valence-corrected chi connectivity index (χ3v) is 3.09. The highest BCUT2D eigenvalue weighted by Crippen LogP contribution is 2.07. The van der Waals surface area contributed by atoms with Gasteiger partial charge in [0.2, 0.25) is 5.91 Å². The van der Waals surface area contributed by atoms with Gasteiger partial charge in [0.05, 0.1) is 6.54 Å². The van der Waals surface area contributed by atoms with Gasteiger partial charge in [-0.2, -0.15) is 0 Å². The van der Waals surface area contributed by atoms with Gasteiger partial charge in [-0.25, -0.2) is 4.79 Å². The van der Waals surface area contributed by atoms with Crippen LogP contribution in [0.15, 0.2) is 30.3 Å². The highest BCUT2D eigenvalue weighted by molar-refractivity contribution is 5.95. The summed E-state index contributed by atoms with van der Waals surface area (Å²) in [6, 6.07) is 9.77. The summed E-state index contributed by atoms with van der Waals surface area (Å²) in [5.41, 5.74) is 1.15. The summed E-state index contributed by atoms with van der Waals surface area (Å²) in [4.78, 5) is 25.4. The van der Waals surface area contributed by atoms with Crippen molar-refractivity contribution in [3.05, 3.63) is 35.9 Å². The lowest BCUT2D eigenvalue weighted by Crippen LogP contribution is -2.46. The highest BCUT2D eigenvalue weighted by atomic mass is 16.2. The number of nitrogens with zero attached hydrogens (tertiary/aromatic N) is 1. The average Bonchev–Trinajstić information content (AvgIpc) is 2.45. The van der Waals surface area contributed by atoms with Crippen LogP contribution in [-0.2, 0) is 11.3 Å². The third-order valence-electron chi connectivity index (χ3n) is 3.09. The van der Waals surface area contributed by atoms with Gasteiger partial charge in [-0.15, -0.1) is 0 Å². The quantitative estimate of drug-likeness (QED) is 0.809. The molecule has 0 aliphatic carbocycles. The van der Waals surface area contributed by atoms with Crippen molar-refractivity contribution in [2.24, 2.45) is 0 Å². The number of rotatable bonds is 7. The minimum absolute atomic E-state index is 0.201. The van der Waals surface area contributed by atoms with Crippen LogP contribution in [0.5, 0.6) is 0 Å². The van der Waals surface area contributed by atoms with Crippen molar-refractivity contribution in [1.29, 1.82) is 0 Å². The Bertz CT molecular complexity index is 446. The molecule has 0 saturated heterocycles. The summed E-state index contributed by atoms with van der Waals surface area (Å²) < 4.78 is 0. The predicted octanol–water partition coefficient (Wildman–Crippen LogP) is 2.13. The number of hydrogen-bond donors (Lipinski definition) is 2. The molecule has 1 rings (SSSR count). The standard InChI is InChI=1S/C16H25N3O2/c1-4-10-17-16(21)18-15(20)12-19(13(2)3)11-14-8-6-5-7-9-14/h5-9,13H,4,10-12H2,1-3H3,(H2,17,18,20,21). The molecule has 1 aromatic rings. The largest absolute Gasteiger partial charge is 0.338 e. The zero-order valence-electron chi connectivity index (χ0n) is 13.1. The number of imide groups is 1. The normalized spacial score (nSPS) is 10.7. The van der Waals surface area contributed by atoms with Gasteiger partial charge in [0.15, 0.2) is 0 Å². The maximum atomic E-state index is 11.9. The Hall–Kier alpha value is -1.88. The van der Waals surface area contributed by atoms with Crippen LogP contribution >= 0.6 is 0 Å². The molecule has 3 amide bonds. The number of carbonyl (C=O) groups excluding carboxylic acids is 2. The molecule has 0 fully saturated rings. The van der Waals surface area contributed by atoms with Crippen molar-refractivity contribution in [2.45, 2.75) is 39.8 Å². The average molecular weight is 291 g/mol. The Balaban J connectivity index is 2.50. The monoisotopic (exact) mass is 291 g/mol. The molecule has 5 nitrogen and oxygen atoms in total. The molecule has 0 atom stereocenters. The van der Waals surface area contributed by atoms with Gasteiger partial charge < -0.3 is 5.32 Å². The number of urea groups is 1. The fourth-order valence-electron chi connectivity index (χ4n) is 1.87. The molecule has 1 aromatic carbocycles. The van der Waals surface area contributed by atoms with E-state index < -0.39 is 6.03 Å². The molecule has 0 spiro atoms. The fraction of sp³-hybridized carbons (Fsp3) is 0.500. The maximum absolute atomic E-state index is 11.9. The first-order chi connectivity index (χ1) is 10.0. The van der Waals surface area contributed by atoms with Gasteiger partial charge in [-0.3, -0.25) is 15.0 Å². The van der Waals surface area contributed by atoms with Crippen molar-refractivity contribution in [3.8, 4) is 0 Å². The van der Waals surface area contributed by atoms with E-state index in [0.29, 0.717) is 13.1 Å². The number of nitrogens with one attached hydrogen (secondary N) is 2. The molecular formula is C16H25N3O2. The lowest BCUT2D eigenvalue weighted by Gasteiger charge is -2.25. The van der Waals surface area contributed by atoms with E-state index >= 15 is 0 Å². The predicted molar refractivity (Wildman–Crippen MR) is 83.8 cm³/mol. The molecular weight excluding hydrogens is 266 g/mol. The molecule has 0 aliphatic heterocycles. The van der Waals surface area contributed by atoms with Crippen LogP contribution in [0.2, 0.25) is 0 Å². The van der Waals surface area contributed by atoms with Gasteiger partial charge in [0, 0.05) is 19.1 Å². The lowest BCUT2D eigenvalue weighted by molar-refractivity contribution is -0.121. The summed E-state index contributed by atoms with van der Waals surface area (Å²) >= 11 is 0. The lowest BCUT2D eigenvalue weighted by atomic mass is 10.2. The number of hydrogen-bond acceptors (Lipinski definition) is 3. The van der Waals surface area contributed by atoms with Gasteiger partial charge in [-0.1, -0.05) is 37.3 Å². The molecule has 21 heavy (non-hydrogen) atoms. The second-order valence-electron chi connectivity index (χ2n) is 5.29. The number of amides is 3. The molecule has 0 radical (unpaired) electrons. The molecule has 0 saturated carbocycles. The van der Waals surface area contributed by atoms with Crippen LogP contribution in [0.3, 0.4) is 0 Å². The summed E-state index contributed by atoms with van der Waals surface area (Å²) in [6.07, 6.45) is 0.841. The van der Waals surface area contributed by atoms with Crippen molar-refractivity contribution >= 4 is 11.9 Å². The second kappa shape index (κ2) is 9.13. The Morgan fingerprint density at radius 2 is 1.86 bits per heavy atom. The molecule has 5 heteroatoms. The molecule has 0 aliphatic rings. The van der Waals surface area contributed by atoms with Crippen LogP contribution in [0.1, 0.15) is 32.8 Å². The minimum atomic E-state index is -0.426. The van der Waals surface area contributed by atoms with E-state index in [1.807, 2.05) is 56.0 Å². The van der Waals surface area contributed by atoms with Crippen molar-refractivity contribution < 1.29 is 9.59 Å². The summed E-state index contributed by atoms with van der Waals surface area (Å²) in [6.45, 7) is 7.48. The number of benzene rings is 1. The molecule has 2 N–H and O–H groups in total. The molecule has 0 bridgehead atoms. The van der Waals surface area contributed by atoms with Gasteiger partial charge >= 0.3 is 6.03 Å². The maximum Gasteiger partial charge on any atom is 0.321 e. The van der Waals surface area contributed by atoms with E-state index in [4.69, 9.17) is 0 Å². The molecule has 0 heterocycles. The molecule has 116 valence electrons. The van der Waals surface area contributed by atoms with E-state index in [9.17, 15) is 9.59 Å². The van der Waals surface area contributed by atoms with Crippen LogP contribution in [0.25, 0.3) is 0 Å². The van der Waals surface area contributed by atoms with Crippen LogP contribution in [0.4, 0.5) is 4.79 Å². The van der Waals surface area contributed by atoms with Crippen molar-refractivity contribution in [3.63, 3.8) is 0 Å². The summed E-state index contributed by atoms with van der Waals surface area (Å²) in [5.74, 6) is -0.284. The summed E-state index contributed by atoms with van der Waals surface area (Å²) in [7, 11) is 0. The van der Waals surface area contributed by atoms with Crippen molar-refractivity contribution in [1.82, 2.24) is 15.5 Å². The first kappa shape index (κ1) is 17.2. The van der Waals surface area contributed by atoms with E-state index in [0.717, 1.165) is 12.0 Å².